The summed E-state index contributed by atoms with van der Waals surface area (Å²) < 4.78 is 54.0. The number of carbonyl (C=O) groups excluding carboxylic acids is 7. The van der Waals surface area contributed by atoms with Crippen LogP contribution in [0.2, 0.25) is 0 Å². The van der Waals surface area contributed by atoms with Gasteiger partial charge in [0.15, 0.2) is 30.5 Å². The Labute approximate surface area is 251 Å². The number of esters is 7. The van der Waals surface area contributed by atoms with Gasteiger partial charge in [0.25, 0.3) is 0 Å². The minimum atomic E-state index is -1.80. The molecule has 2 aliphatic rings. The highest BCUT2D eigenvalue weighted by Gasteiger charge is 2.56. The molecular formula is C26H36O18. The fraction of sp³-hybridized carbons (Fsp3) is 0.731. The first kappa shape index (κ1) is 36.3. The molecule has 0 radical (unpaired) electrons. The summed E-state index contributed by atoms with van der Waals surface area (Å²) in [5, 5.41) is 10.9. The fourth-order valence-corrected chi connectivity index (χ4v) is 4.41. The van der Waals surface area contributed by atoms with Crippen molar-refractivity contribution in [3.63, 3.8) is 0 Å². The number of hydrogen-bond acceptors (Lipinski definition) is 18. The van der Waals surface area contributed by atoms with Gasteiger partial charge in [-0.3, -0.25) is 33.6 Å². The highest BCUT2D eigenvalue weighted by molar-refractivity contribution is 5.69. The Morgan fingerprint density at radius 2 is 0.818 bits per heavy atom. The van der Waals surface area contributed by atoms with E-state index in [4.69, 9.17) is 47.4 Å². The van der Waals surface area contributed by atoms with Crippen molar-refractivity contribution in [2.75, 3.05) is 13.2 Å². The summed E-state index contributed by atoms with van der Waals surface area (Å²) in [6, 6.07) is 0. The highest BCUT2D eigenvalue weighted by atomic mass is 16.8. The lowest BCUT2D eigenvalue weighted by Gasteiger charge is -2.47. The first-order chi connectivity index (χ1) is 20.5. The van der Waals surface area contributed by atoms with E-state index < -0.39 is 116 Å². The number of aliphatic hydroxyl groups excluding tert-OH is 1. The second-order valence-corrected chi connectivity index (χ2v) is 9.69. The van der Waals surface area contributed by atoms with Gasteiger partial charge in [-0.25, -0.2) is 0 Å². The largest absolute Gasteiger partial charge is 0.463 e. The molecule has 2 saturated heterocycles. The van der Waals surface area contributed by atoms with E-state index in [1.165, 1.54) is 0 Å². The SMILES string of the molecule is CC(=O)OC[C@H]1O[C@H](O[C@H]2O[C@H](COC(C)=O)[C@@H](OC(C)=O)[C@H](OC(C)=O)[C@H]2OC(C)=O)[C@H](OC(C)=O)[C@@H](OC(C)=O)[C@@H]1O. The molecule has 44 heavy (non-hydrogen) atoms. The predicted molar refractivity (Wildman–Crippen MR) is 135 cm³/mol. The van der Waals surface area contributed by atoms with E-state index in [0.29, 0.717) is 0 Å². The Kier molecular flexibility index (Phi) is 13.4. The number of hydrogen-bond donors (Lipinski definition) is 1. The molecule has 2 aliphatic heterocycles. The van der Waals surface area contributed by atoms with Gasteiger partial charge >= 0.3 is 41.8 Å². The van der Waals surface area contributed by atoms with Crippen LogP contribution in [-0.2, 0) is 80.9 Å². The third-order valence-corrected chi connectivity index (χ3v) is 5.89. The van der Waals surface area contributed by atoms with Crippen molar-refractivity contribution in [3.8, 4) is 0 Å². The summed E-state index contributed by atoms with van der Waals surface area (Å²) in [7, 11) is 0. The maximum Gasteiger partial charge on any atom is 0.303 e. The second kappa shape index (κ2) is 16.3. The maximum atomic E-state index is 12.1. The average Bonchev–Trinajstić information content (AvgIpc) is 2.87. The van der Waals surface area contributed by atoms with E-state index in [1.807, 2.05) is 0 Å². The predicted octanol–water partition coefficient (Wildman–Crippen LogP) is -1.40. The molecule has 1 N–H and O–H groups in total. The Hall–Kier alpha value is -3.87. The molecule has 0 bridgehead atoms. The van der Waals surface area contributed by atoms with Crippen molar-refractivity contribution >= 4 is 41.8 Å². The van der Waals surface area contributed by atoms with Crippen molar-refractivity contribution in [1.82, 2.24) is 0 Å². The molecule has 0 aliphatic carbocycles. The van der Waals surface area contributed by atoms with Gasteiger partial charge < -0.3 is 52.5 Å². The van der Waals surface area contributed by atoms with Crippen molar-refractivity contribution in [2.24, 2.45) is 0 Å². The summed E-state index contributed by atoms with van der Waals surface area (Å²) in [6.45, 7) is 6.14. The second-order valence-electron chi connectivity index (χ2n) is 9.69. The van der Waals surface area contributed by atoms with Crippen LogP contribution in [0.4, 0.5) is 0 Å². The third kappa shape index (κ3) is 10.7. The number of rotatable bonds is 11. The van der Waals surface area contributed by atoms with Crippen LogP contribution in [0.15, 0.2) is 0 Å². The van der Waals surface area contributed by atoms with Gasteiger partial charge in [0.2, 0.25) is 12.6 Å². The topological polar surface area (TPSA) is 232 Å². The van der Waals surface area contributed by atoms with Crippen LogP contribution in [-0.4, -0.2) is 122 Å². The monoisotopic (exact) mass is 636 g/mol. The van der Waals surface area contributed by atoms with E-state index in [9.17, 15) is 38.7 Å². The van der Waals surface area contributed by atoms with E-state index in [2.05, 4.69) is 0 Å². The molecule has 18 heteroatoms. The molecule has 0 amide bonds. The van der Waals surface area contributed by atoms with Crippen molar-refractivity contribution in [1.29, 1.82) is 0 Å². The summed E-state index contributed by atoms with van der Waals surface area (Å²) in [4.78, 5) is 83.2. The van der Waals surface area contributed by atoms with Crippen LogP contribution < -0.4 is 0 Å². The Balaban J connectivity index is 2.61. The summed E-state index contributed by atoms with van der Waals surface area (Å²) >= 11 is 0. The molecule has 0 aromatic carbocycles. The van der Waals surface area contributed by atoms with Crippen molar-refractivity contribution < 1.29 is 86.0 Å². The van der Waals surface area contributed by atoms with E-state index >= 15 is 0 Å². The van der Waals surface area contributed by atoms with Crippen LogP contribution in [0.3, 0.4) is 0 Å². The van der Waals surface area contributed by atoms with Gasteiger partial charge in [-0.05, 0) is 0 Å². The van der Waals surface area contributed by atoms with Gasteiger partial charge in [0.05, 0.1) is 0 Å². The zero-order valence-electron chi connectivity index (χ0n) is 25.1. The van der Waals surface area contributed by atoms with Crippen LogP contribution in [0, 0.1) is 0 Å². The van der Waals surface area contributed by atoms with Gasteiger partial charge in [0, 0.05) is 48.5 Å². The molecule has 248 valence electrons. The van der Waals surface area contributed by atoms with Crippen LogP contribution in [0.5, 0.6) is 0 Å². The van der Waals surface area contributed by atoms with Gasteiger partial charge in [-0.2, -0.15) is 0 Å². The molecule has 18 nitrogen and oxygen atoms in total. The molecular weight excluding hydrogens is 600 g/mol. The number of ether oxygens (including phenoxy) is 10. The quantitative estimate of drug-likeness (QED) is 0.203. The third-order valence-electron chi connectivity index (χ3n) is 5.89. The lowest BCUT2D eigenvalue weighted by Crippen LogP contribution is -2.66. The summed E-state index contributed by atoms with van der Waals surface area (Å²) in [5.74, 6) is -6.00. The van der Waals surface area contributed by atoms with Crippen LogP contribution in [0.25, 0.3) is 0 Å². The Morgan fingerprint density at radius 1 is 0.477 bits per heavy atom. The van der Waals surface area contributed by atoms with Crippen molar-refractivity contribution in [2.45, 2.75) is 110 Å². The van der Waals surface area contributed by atoms with E-state index in [0.717, 1.165) is 48.5 Å². The first-order valence-corrected chi connectivity index (χ1v) is 13.3. The molecule has 2 heterocycles. The van der Waals surface area contributed by atoms with Crippen LogP contribution >= 0.6 is 0 Å². The van der Waals surface area contributed by atoms with E-state index in [1.54, 1.807) is 0 Å². The molecule has 10 atom stereocenters. The van der Waals surface area contributed by atoms with Crippen molar-refractivity contribution in [3.05, 3.63) is 0 Å². The lowest BCUT2D eigenvalue weighted by molar-refractivity contribution is -0.377. The minimum absolute atomic E-state index is 0.569. The molecule has 2 fully saturated rings. The maximum absolute atomic E-state index is 12.1. The molecule has 0 aromatic heterocycles. The molecule has 2 rings (SSSR count). The molecule has 0 unspecified atom stereocenters. The number of carbonyl (C=O) groups is 7. The zero-order valence-corrected chi connectivity index (χ0v) is 25.1. The molecule has 0 saturated carbocycles. The Morgan fingerprint density at radius 3 is 1.25 bits per heavy atom. The molecule has 0 spiro atoms. The molecule has 0 aromatic rings. The highest BCUT2D eigenvalue weighted by Crippen LogP contribution is 2.34. The fourth-order valence-electron chi connectivity index (χ4n) is 4.41. The first-order valence-electron chi connectivity index (χ1n) is 13.3. The standard InChI is InChI=1S/C26H36O18/c1-10(27)35-8-17-19(34)21(38-13(4)30)23(40-15(6)32)25(42-17)44-26-24(41-16(7)33)22(39-14(5)31)20(37-12(3)29)18(43-26)9-36-11(2)28/h17-26,34H,8-9H2,1-7H3/t17-,18-,19-,20-,21+,22+,23-,24-,25-,26-/m1/s1. The zero-order chi connectivity index (χ0) is 33.3. The van der Waals surface area contributed by atoms with Gasteiger partial charge in [-0.1, -0.05) is 0 Å². The summed E-state index contributed by atoms with van der Waals surface area (Å²) in [6.07, 6.45) is -16.3. The Bertz CT molecular complexity index is 1090. The summed E-state index contributed by atoms with van der Waals surface area (Å²) in [5.41, 5.74) is 0. The van der Waals surface area contributed by atoms with E-state index in [-0.39, 0.29) is 0 Å². The van der Waals surface area contributed by atoms with Gasteiger partial charge in [0.1, 0.15) is 31.5 Å². The van der Waals surface area contributed by atoms with Gasteiger partial charge in [-0.15, -0.1) is 0 Å². The minimum Gasteiger partial charge on any atom is -0.463 e. The smallest absolute Gasteiger partial charge is 0.303 e. The number of aliphatic hydroxyl groups is 1. The normalized spacial score (nSPS) is 31.5. The average molecular weight is 637 g/mol. The lowest BCUT2D eigenvalue weighted by atomic mass is 9.97. The van der Waals surface area contributed by atoms with Crippen LogP contribution in [0.1, 0.15) is 48.5 Å².